The summed E-state index contributed by atoms with van der Waals surface area (Å²) in [6.45, 7) is 1.21. The van der Waals surface area contributed by atoms with Crippen LogP contribution in [0.2, 0.25) is 0 Å². The van der Waals surface area contributed by atoms with Crippen LogP contribution < -0.4 is 15.8 Å². The monoisotopic (exact) mass is 395 g/mol. The number of amides is 1. The van der Waals surface area contributed by atoms with Gasteiger partial charge in [-0.2, -0.15) is 5.26 Å². The first-order valence-corrected chi connectivity index (χ1v) is 9.60. The molecule has 0 aliphatic carbocycles. The minimum absolute atomic E-state index is 0.315. The van der Waals surface area contributed by atoms with Crippen molar-refractivity contribution in [1.29, 1.82) is 5.26 Å². The van der Waals surface area contributed by atoms with E-state index in [-0.39, 0.29) is 11.7 Å². The first-order chi connectivity index (χ1) is 14.0. The van der Waals surface area contributed by atoms with Gasteiger partial charge in [0.15, 0.2) is 0 Å². The molecule has 2 aliphatic heterocycles. The summed E-state index contributed by atoms with van der Waals surface area (Å²) in [6, 6.07) is 11.8. The Hall–Kier alpha value is -2.95. The second-order valence-corrected chi connectivity index (χ2v) is 7.55. The predicted octanol–water partition coefficient (Wildman–Crippen LogP) is 2.44. The lowest BCUT2D eigenvalue weighted by atomic mass is 9.89. The van der Waals surface area contributed by atoms with Crippen LogP contribution in [-0.2, 0) is 22.6 Å². The SMILES string of the molecule is N#CC(Cc1ccc2c(c1)COc1cc(F)ccc1-2)NC(=O)C1(N)CCOCC1. The number of ether oxygens (including phenoxy) is 2. The van der Waals surface area contributed by atoms with Gasteiger partial charge in [0.1, 0.15) is 24.2 Å². The third-order valence-electron chi connectivity index (χ3n) is 5.52. The summed E-state index contributed by atoms with van der Waals surface area (Å²) in [5.74, 6) is -0.125. The van der Waals surface area contributed by atoms with Gasteiger partial charge in [-0.1, -0.05) is 18.2 Å². The number of benzene rings is 2. The molecule has 29 heavy (non-hydrogen) atoms. The Morgan fingerprint density at radius 1 is 1.24 bits per heavy atom. The highest BCUT2D eigenvalue weighted by Gasteiger charge is 2.36. The molecule has 0 spiro atoms. The van der Waals surface area contributed by atoms with Gasteiger partial charge >= 0.3 is 0 Å². The van der Waals surface area contributed by atoms with E-state index in [1.54, 1.807) is 6.07 Å². The molecule has 6 nitrogen and oxygen atoms in total. The molecule has 0 saturated carbocycles. The molecule has 1 saturated heterocycles. The van der Waals surface area contributed by atoms with Crippen LogP contribution in [0, 0.1) is 17.1 Å². The summed E-state index contributed by atoms with van der Waals surface area (Å²) < 4.78 is 24.4. The summed E-state index contributed by atoms with van der Waals surface area (Å²) in [7, 11) is 0. The maximum absolute atomic E-state index is 13.4. The number of nitrogens with zero attached hydrogens (tertiary/aromatic N) is 1. The molecule has 0 bridgehead atoms. The number of nitrogens with two attached hydrogens (primary N) is 1. The summed E-state index contributed by atoms with van der Waals surface area (Å²) in [6.07, 6.45) is 1.23. The zero-order chi connectivity index (χ0) is 20.4. The highest BCUT2D eigenvalue weighted by molar-refractivity contribution is 5.86. The Balaban J connectivity index is 1.49. The van der Waals surface area contributed by atoms with E-state index in [1.807, 2.05) is 18.2 Å². The minimum Gasteiger partial charge on any atom is -0.488 e. The summed E-state index contributed by atoms with van der Waals surface area (Å²) in [5, 5.41) is 12.3. The van der Waals surface area contributed by atoms with Crippen LogP contribution in [0.3, 0.4) is 0 Å². The topological polar surface area (TPSA) is 97.4 Å². The van der Waals surface area contributed by atoms with E-state index < -0.39 is 11.6 Å². The molecule has 3 N–H and O–H groups in total. The van der Waals surface area contributed by atoms with Gasteiger partial charge in [-0.3, -0.25) is 4.79 Å². The third-order valence-corrected chi connectivity index (χ3v) is 5.52. The van der Waals surface area contributed by atoms with Gasteiger partial charge in [0.05, 0.1) is 11.6 Å². The summed E-state index contributed by atoms with van der Waals surface area (Å²) >= 11 is 0. The average Bonchev–Trinajstić information content (AvgIpc) is 2.73. The zero-order valence-electron chi connectivity index (χ0n) is 15.9. The number of nitrogens with one attached hydrogen (secondary N) is 1. The molecule has 0 radical (unpaired) electrons. The van der Waals surface area contributed by atoms with Crippen molar-refractivity contribution >= 4 is 5.91 Å². The fourth-order valence-electron chi connectivity index (χ4n) is 3.78. The van der Waals surface area contributed by atoms with Gasteiger partial charge in [0, 0.05) is 31.3 Å². The van der Waals surface area contributed by atoms with Crippen molar-refractivity contribution in [3.8, 4) is 22.9 Å². The highest BCUT2D eigenvalue weighted by atomic mass is 19.1. The van der Waals surface area contributed by atoms with E-state index in [0.717, 1.165) is 22.3 Å². The number of nitriles is 1. The number of hydrogen-bond donors (Lipinski definition) is 2. The number of rotatable bonds is 4. The van der Waals surface area contributed by atoms with E-state index in [0.29, 0.717) is 44.8 Å². The number of halogens is 1. The van der Waals surface area contributed by atoms with Crippen LogP contribution in [0.4, 0.5) is 4.39 Å². The Labute approximate surface area is 168 Å². The molecule has 2 aliphatic rings. The zero-order valence-corrected chi connectivity index (χ0v) is 15.9. The van der Waals surface area contributed by atoms with Crippen molar-refractivity contribution in [2.75, 3.05) is 13.2 Å². The molecule has 0 aromatic heterocycles. The molecule has 1 fully saturated rings. The van der Waals surface area contributed by atoms with Crippen LogP contribution in [0.5, 0.6) is 5.75 Å². The fourth-order valence-corrected chi connectivity index (χ4v) is 3.78. The maximum atomic E-state index is 13.4. The molecular formula is C22H22FN3O3. The lowest BCUT2D eigenvalue weighted by molar-refractivity contribution is -0.130. The molecule has 7 heteroatoms. The Morgan fingerprint density at radius 2 is 2.00 bits per heavy atom. The molecular weight excluding hydrogens is 373 g/mol. The Kier molecular flexibility index (Phi) is 5.22. The van der Waals surface area contributed by atoms with E-state index in [4.69, 9.17) is 15.2 Å². The van der Waals surface area contributed by atoms with E-state index >= 15 is 0 Å². The molecule has 4 rings (SSSR count). The molecule has 150 valence electrons. The molecule has 2 heterocycles. The highest BCUT2D eigenvalue weighted by Crippen LogP contribution is 2.38. The lowest BCUT2D eigenvalue weighted by Gasteiger charge is -2.32. The van der Waals surface area contributed by atoms with Crippen molar-refractivity contribution in [1.82, 2.24) is 5.32 Å². The Morgan fingerprint density at radius 3 is 2.76 bits per heavy atom. The first-order valence-electron chi connectivity index (χ1n) is 9.60. The van der Waals surface area contributed by atoms with E-state index in [9.17, 15) is 14.4 Å². The average molecular weight is 395 g/mol. The second kappa shape index (κ2) is 7.82. The van der Waals surface area contributed by atoms with Gasteiger partial charge in [0.2, 0.25) is 5.91 Å². The largest absolute Gasteiger partial charge is 0.488 e. The second-order valence-electron chi connectivity index (χ2n) is 7.55. The van der Waals surface area contributed by atoms with Crippen LogP contribution in [-0.4, -0.2) is 30.7 Å². The molecule has 1 unspecified atom stereocenters. The summed E-state index contributed by atoms with van der Waals surface area (Å²) in [5.41, 5.74) is 8.90. The summed E-state index contributed by atoms with van der Waals surface area (Å²) in [4.78, 5) is 12.6. The normalized spacial score (nSPS) is 17.8. The molecule has 1 atom stereocenters. The number of hydrogen-bond acceptors (Lipinski definition) is 5. The quantitative estimate of drug-likeness (QED) is 0.829. The van der Waals surface area contributed by atoms with Crippen LogP contribution in [0.25, 0.3) is 11.1 Å². The third kappa shape index (κ3) is 3.95. The lowest BCUT2D eigenvalue weighted by Crippen LogP contribution is -2.58. The van der Waals surface area contributed by atoms with Crippen molar-refractivity contribution in [3.63, 3.8) is 0 Å². The molecule has 1 amide bonds. The van der Waals surface area contributed by atoms with Crippen molar-refractivity contribution in [3.05, 3.63) is 53.3 Å². The van der Waals surface area contributed by atoms with Gasteiger partial charge < -0.3 is 20.5 Å². The van der Waals surface area contributed by atoms with E-state index in [1.165, 1.54) is 12.1 Å². The number of fused-ring (bicyclic) bond motifs is 3. The minimum atomic E-state index is -0.990. The van der Waals surface area contributed by atoms with Crippen LogP contribution >= 0.6 is 0 Å². The van der Waals surface area contributed by atoms with Gasteiger partial charge in [-0.05, 0) is 41.7 Å². The first kappa shape index (κ1) is 19.4. The molecule has 2 aromatic carbocycles. The van der Waals surface area contributed by atoms with E-state index in [2.05, 4.69) is 11.4 Å². The van der Waals surface area contributed by atoms with Crippen LogP contribution in [0.15, 0.2) is 36.4 Å². The fraction of sp³-hybridized carbons (Fsp3) is 0.364. The van der Waals surface area contributed by atoms with Crippen LogP contribution in [0.1, 0.15) is 24.0 Å². The van der Waals surface area contributed by atoms with Gasteiger partial charge in [-0.25, -0.2) is 4.39 Å². The number of carbonyl (C=O) groups excluding carboxylic acids is 1. The predicted molar refractivity (Wildman–Crippen MR) is 104 cm³/mol. The van der Waals surface area contributed by atoms with Gasteiger partial charge in [-0.15, -0.1) is 0 Å². The molecule has 2 aromatic rings. The maximum Gasteiger partial charge on any atom is 0.241 e. The Bertz CT molecular complexity index is 980. The van der Waals surface area contributed by atoms with Gasteiger partial charge in [0.25, 0.3) is 0 Å². The number of carbonyl (C=O) groups is 1. The smallest absolute Gasteiger partial charge is 0.241 e. The van der Waals surface area contributed by atoms with Crippen molar-refractivity contribution in [2.45, 2.75) is 37.5 Å². The van der Waals surface area contributed by atoms with Crippen molar-refractivity contribution < 1.29 is 18.7 Å². The van der Waals surface area contributed by atoms with Crippen molar-refractivity contribution in [2.24, 2.45) is 5.73 Å². The standard InChI is InChI=1S/C22H22FN3O3/c23-16-2-4-19-18-3-1-14(9-15(18)13-29-20(19)11-16)10-17(12-24)26-21(27)22(25)5-7-28-8-6-22/h1-4,9,11,17H,5-8,10,13,25H2,(H,26,27).